The Labute approximate surface area is 145 Å². The van der Waals surface area contributed by atoms with Crippen molar-refractivity contribution in [3.63, 3.8) is 0 Å². The van der Waals surface area contributed by atoms with E-state index in [0.29, 0.717) is 17.6 Å². The highest BCUT2D eigenvalue weighted by atomic mass is 19.4. The maximum Gasteiger partial charge on any atom is 0.573 e. The minimum absolute atomic E-state index is 0.0104. The number of alkyl halides is 3. The van der Waals surface area contributed by atoms with Crippen LogP contribution in [0.1, 0.15) is 35.6 Å². The monoisotopic (exact) mass is 372 g/mol. The van der Waals surface area contributed by atoms with E-state index in [2.05, 4.69) is 4.74 Å². The highest BCUT2D eigenvalue weighted by Crippen LogP contribution is 2.38. The zero-order valence-electron chi connectivity index (χ0n) is 13.7. The summed E-state index contributed by atoms with van der Waals surface area (Å²) in [5, 5.41) is 0. The summed E-state index contributed by atoms with van der Waals surface area (Å²) in [6, 6.07) is 5.53. The number of halogens is 6. The molecule has 1 aliphatic rings. The van der Waals surface area contributed by atoms with Crippen LogP contribution in [0.2, 0.25) is 0 Å². The van der Waals surface area contributed by atoms with Crippen LogP contribution < -0.4 is 4.74 Å². The van der Waals surface area contributed by atoms with E-state index in [1.165, 1.54) is 12.1 Å². The number of benzene rings is 2. The first-order chi connectivity index (χ1) is 12.2. The summed E-state index contributed by atoms with van der Waals surface area (Å²) in [7, 11) is 0. The van der Waals surface area contributed by atoms with E-state index in [1.54, 1.807) is 12.1 Å². The number of allylic oxidation sites excluding steroid dienone is 1. The number of ether oxygens (including phenoxy) is 1. The van der Waals surface area contributed by atoms with Gasteiger partial charge in [-0.05, 0) is 53.7 Å². The minimum Gasteiger partial charge on any atom is -0.399 e. The van der Waals surface area contributed by atoms with Gasteiger partial charge in [0.2, 0.25) is 5.75 Å². The fourth-order valence-electron chi connectivity index (χ4n) is 3.02. The number of rotatable bonds is 3. The second kappa shape index (κ2) is 6.70. The maximum atomic E-state index is 14.3. The average Bonchev–Trinajstić information content (AvgIpc) is 2.57. The van der Waals surface area contributed by atoms with Gasteiger partial charge < -0.3 is 4.74 Å². The normalized spacial score (nSPS) is 14.0. The largest absolute Gasteiger partial charge is 0.573 e. The van der Waals surface area contributed by atoms with Crippen LogP contribution in [-0.4, -0.2) is 6.36 Å². The lowest BCUT2D eigenvalue weighted by atomic mass is 9.87. The Kier molecular flexibility index (Phi) is 4.73. The average molecular weight is 372 g/mol. The van der Waals surface area contributed by atoms with E-state index in [4.69, 9.17) is 0 Å². The van der Waals surface area contributed by atoms with Gasteiger partial charge in [0.15, 0.2) is 11.6 Å². The maximum absolute atomic E-state index is 14.3. The molecule has 138 valence electrons. The number of aryl methyl sites for hydroxylation is 1. The van der Waals surface area contributed by atoms with Crippen molar-refractivity contribution >= 4 is 11.6 Å². The molecule has 0 fully saturated rings. The molecule has 0 N–H and O–H groups in total. The first-order valence-corrected chi connectivity index (χ1v) is 7.95. The molecule has 2 aromatic rings. The summed E-state index contributed by atoms with van der Waals surface area (Å²) >= 11 is 0. The first-order valence-electron chi connectivity index (χ1n) is 7.95. The molecule has 1 nitrogen and oxygen atoms in total. The van der Waals surface area contributed by atoms with E-state index in [-0.39, 0.29) is 24.0 Å². The molecule has 3 rings (SSSR count). The van der Waals surface area contributed by atoms with Crippen LogP contribution in [-0.2, 0) is 12.8 Å². The van der Waals surface area contributed by atoms with E-state index < -0.39 is 29.6 Å². The van der Waals surface area contributed by atoms with Gasteiger partial charge >= 0.3 is 6.36 Å². The molecule has 0 heterocycles. The van der Waals surface area contributed by atoms with E-state index in [9.17, 15) is 26.3 Å². The molecule has 0 unspecified atom stereocenters. The van der Waals surface area contributed by atoms with Crippen LogP contribution in [0.5, 0.6) is 5.75 Å². The van der Waals surface area contributed by atoms with Crippen molar-refractivity contribution < 1.29 is 31.1 Å². The summed E-state index contributed by atoms with van der Waals surface area (Å²) in [6.45, 7) is 1.89. The lowest BCUT2D eigenvalue weighted by Gasteiger charge is -2.20. The molecule has 0 saturated carbocycles. The van der Waals surface area contributed by atoms with Crippen LogP contribution >= 0.6 is 0 Å². The molecule has 0 aliphatic heterocycles. The molecule has 0 bridgehead atoms. The van der Waals surface area contributed by atoms with Crippen molar-refractivity contribution in [3.05, 3.63) is 64.0 Å². The van der Waals surface area contributed by atoms with Crippen molar-refractivity contribution in [2.75, 3.05) is 0 Å². The molecular formula is C19H14F6O. The van der Waals surface area contributed by atoms with Crippen LogP contribution in [0.15, 0.2) is 24.3 Å². The SMILES string of the molecule is CCc1ccc(C2=Cc3cc(F)c(OC(F)(F)F)c(F)c3CC2)c(F)c1. The smallest absolute Gasteiger partial charge is 0.399 e. The molecule has 26 heavy (non-hydrogen) atoms. The first kappa shape index (κ1) is 18.4. The minimum atomic E-state index is -5.20. The van der Waals surface area contributed by atoms with Crippen molar-refractivity contribution in [1.29, 1.82) is 0 Å². The van der Waals surface area contributed by atoms with Gasteiger partial charge in [0.25, 0.3) is 0 Å². The zero-order valence-corrected chi connectivity index (χ0v) is 13.7. The van der Waals surface area contributed by atoms with Gasteiger partial charge in [-0.3, -0.25) is 0 Å². The van der Waals surface area contributed by atoms with Crippen molar-refractivity contribution in [2.24, 2.45) is 0 Å². The van der Waals surface area contributed by atoms with Crippen molar-refractivity contribution in [1.82, 2.24) is 0 Å². The Balaban J connectivity index is 2.03. The molecule has 0 amide bonds. The Bertz CT molecular complexity index is 883. The van der Waals surface area contributed by atoms with Crippen LogP contribution in [0.3, 0.4) is 0 Å². The molecule has 0 saturated heterocycles. The Morgan fingerprint density at radius 3 is 2.35 bits per heavy atom. The predicted octanol–water partition coefficient (Wildman–Crippen LogP) is 6.05. The summed E-state index contributed by atoms with van der Waals surface area (Å²) in [6.07, 6.45) is -2.92. The standard InChI is InChI=1S/C19H14F6O/c1-2-10-3-5-13(15(20)7-10)11-4-6-14-12(8-11)9-16(21)18(17(14)22)26-19(23,24)25/h3,5,7-9H,2,4,6H2,1H3. The molecule has 0 spiro atoms. The van der Waals surface area contributed by atoms with Gasteiger partial charge in [0, 0.05) is 5.56 Å². The zero-order chi connectivity index (χ0) is 19.1. The van der Waals surface area contributed by atoms with E-state index >= 15 is 0 Å². The van der Waals surface area contributed by atoms with Crippen LogP contribution in [0, 0.1) is 17.5 Å². The molecule has 0 radical (unpaired) electrons. The Morgan fingerprint density at radius 1 is 1.00 bits per heavy atom. The third-order valence-electron chi connectivity index (χ3n) is 4.29. The third-order valence-corrected chi connectivity index (χ3v) is 4.29. The molecule has 2 aromatic carbocycles. The van der Waals surface area contributed by atoms with E-state index in [0.717, 1.165) is 11.6 Å². The van der Waals surface area contributed by atoms with Crippen LogP contribution in [0.4, 0.5) is 26.3 Å². The topological polar surface area (TPSA) is 9.23 Å². The van der Waals surface area contributed by atoms with Crippen molar-refractivity contribution in [2.45, 2.75) is 32.5 Å². The van der Waals surface area contributed by atoms with Gasteiger partial charge in [-0.15, -0.1) is 13.2 Å². The lowest BCUT2D eigenvalue weighted by Crippen LogP contribution is -2.20. The number of hydrogen-bond acceptors (Lipinski definition) is 1. The highest BCUT2D eigenvalue weighted by Gasteiger charge is 2.35. The second-order valence-electron chi connectivity index (χ2n) is 5.95. The molecule has 7 heteroatoms. The highest BCUT2D eigenvalue weighted by molar-refractivity contribution is 5.85. The van der Waals surface area contributed by atoms with E-state index in [1.807, 2.05) is 6.92 Å². The summed E-state index contributed by atoms with van der Waals surface area (Å²) in [5.74, 6) is -4.75. The number of hydrogen-bond donors (Lipinski definition) is 0. The fourth-order valence-corrected chi connectivity index (χ4v) is 3.02. The fraction of sp³-hybridized carbons (Fsp3) is 0.263. The summed E-state index contributed by atoms with van der Waals surface area (Å²) < 4.78 is 82.9. The molecule has 1 aliphatic carbocycles. The predicted molar refractivity (Wildman–Crippen MR) is 85.0 cm³/mol. The molecular weight excluding hydrogens is 358 g/mol. The van der Waals surface area contributed by atoms with Crippen LogP contribution in [0.25, 0.3) is 11.6 Å². The third kappa shape index (κ3) is 3.57. The quantitative estimate of drug-likeness (QED) is 0.596. The second-order valence-corrected chi connectivity index (χ2v) is 5.95. The molecule has 0 aromatic heterocycles. The van der Waals surface area contributed by atoms with Crippen molar-refractivity contribution in [3.8, 4) is 5.75 Å². The van der Waals surface area contributed by atoms with Gasteiger partial charge in [0.1, 0.15) is 5.82 Å². The Hall–Kier alpha value is -2.44. The molecule has 0 atom stereocenters. The number of fused-ring (bicyclic) bond motifs is 1. The lowest BCUT2D eigenvalue weighted by molar-refractivity contribution is -0.276. The van der Waals surface area contributed by atoms with Gasteiger partial charge in [-0.25, -0.2) is 13.2 Å². The van der Waals surface area contributed by atoms with Gasteiger partial charge in [0.05, 0.1) is 0 Å². The van der Waals surface area contributed by atoms with Gasteiger partial charge in [-0.2, -0.15) is 0 Å². The van der Waals surface area contributed by atoms with Gasteiger partial charge in [-0.1, -0.05) is 25.1 Å². The summed E-state index contributed by atoms with van der Waals surface area (Å²) in [5.41, 5.74) is 1.65. The summed E-state index contributed by atoms with van der Waals surface area (Å²) in [4.78, 5) is 0. The Morgan fingerprint density at radius 2 is 1.73 bits per heavy atom.